The minimum Gasteiger partial charge on any atom is -0.327 e. The summed E-state index contributed by atoms with van der Waals surface area (Å²) in [5.41, 5.74) is 1.00. The molecule has 1 heterocycles. The van der Waals surface area contributed by atoms with Gasteiger partial charge in [-0.1, -0.05) is 48.0 Å². The Balaban J connectivity index is 1.71. The molecule has 1 N–H and O–H groups in total. The highest BCUT2D eigenvalue weighted by molar-refractivity contribution is 6.30. The number of nitrogens with one attached hydrogen (secondary N) is 1. The molecule has 150 valence electrons. The van der Waals surface area contributed by atoms with E-state index in [0.717, 1.165) is 5.56 Å². The van der Waals surface area contributed by atoms with Crippen molar-refractivity contribution in [2.24, 2.45) is 0 Å². The molecule has 30 heavy (non-hydrogen) atoms. The number of fused-ring (bicyclic) bond motifs is 1. The van der Waals surface area contributed by atoms with Crippen molar-refractivity contribution in [3.8, 4) is 0 Å². The fourth-order valence-electron chi connectivity index (χ4n) is 3.21. The number of rotatable bonds is 5. The highest BCUT2D eigenvalue weighted by Crippen LogP contribution is 2.17. The molecule has 0 bridgehead atoms. The Morgan fingerprint density at radius 3 is 2.43 bits per heavy atom. The molecule has 0 atom stereocenters. The zero-order valence-corrected chi connectivity index (χ0v) is 16.6. The van der Waals surface area contributed by atoms with Crippen LogP contribution in [0.2, 0.25) is 5.02 Å². The maximum atomic E-state index is 14.3. The number of carbonyl (C=O) groups is 1. The van der Waals surface area contributed by atoms with Gasteiger partial charge >= 0.3 is 0 Å². The highest BCUT2D eigenvalue weighted by Gasteiger charge is 2.21. The van der Waals surface area contributed by atoms with Crippen molar-refractivity contribution in [3.05, 3.63) is 111 Å². The number of hydrogen-bond acceptors (Lipinski definition) is 3. The topological polar surface area (TPSA) is 66.1 Å². The van der Waals surface area contributed by atoms with Crippen molar-refractivity contribution >= 4 is 28.4 Å². The van der Waals surface area contributed by atoms with Crippen LogP contribution in [0.3, 0.4) is 0 Å². The van der Waals surface area contributed by atoms with Crippen LogP contribution < -0.4 is 5.56 Å². The number of amides is 1. The predicted octanol–water partition coefficient (Wildman–Crippen LogP) is 4.56. The second-order valence-electron chi connectivity index (χ2n) is 6.80. The third-order valence-electron chi connectivity index (χ3n) is 4.68. The van der Waals surface area contributed by atoms with E-state index in [1.54, 1.807) is 54.6 Å². The van der Waals surface area contributed by atoms with Gasteiger partial charge in [0.05, 0.1) is 23.0 Å². The molecule has 0 aliphatic carbocycles. The summed E-state index contributed by atoms with van der Waals surface area (Å²) < 4.78 is 14.3. The Morgan fingerprint density at radius 1 is 0.967 bits per heavy atom. The molecule has 1 aromatic heterocycles. The first-order valence-corrected chi connectivity index (χ1v) is 9.65. The smallest absolute Gasteiger partial charge is 0.258 e. The molecule has 1 amide bonds. The molecule has 0 spiro atoms. The monoisotopic (exact) mass is 421 g/mol. The quantitative estimate of drug-likeness (QED) is 0.513. The second kappa shape index (κ2) is 8.47. The minimum atomic E-state index is -0.608. The maximum absolute atomic E-state index is 14.3. The Kier molecular flexibility index (Phi) is 5.59. The summed E-state index contributed by atoms with van der Waals surface area (Å²) >= 11 is 5.95. The summed E-state index contributed by atoms with van der Waals surface area (Å²) in [5.74, 6) is -0.792. The molecule has 0 saturated heterocycles. The number of benzene rings is 3. The van der Waals surface area contributed by atoms with Gasteiger partial charge in [-0.3, -0.25) is 9.59 Å². The molecular weight excluding hydrogens is 405 g/mol. The summed E-state index contributed by atoms with van der Waals surface area (Å²) in [6.07, 6.45) is 0. The summed E-state index contributed by atoms with van der Waals surface area (Å²) in [6, 6.07) is 19.8. The first-order chi connectivity index (χ1) is 14.5. The van der Waals surface area contributed by atoms with E-state index >= 15 is 0 Å². The van der Waals surface area contributed by atoms with Gasteiger partial charge in [-0.15, -0.1) is 0 Å². The Morgan fingerprint density at radius 2 is 1.67 bits per heavy atom. The normalized spacial score (nSPS) is 10.9. The van der Waals surface area contributed by atoms with Crippen LogP contribution in [-0.2, 0) is 13.1 Å². The predicted molar refractivity (Wildman–Crippen MR) is 114 cm³/mol. The Hall–Kier alpha value is -3.51. The average Bonchev–Trinajstić information content (AvgIpc) is 2.75. The van der Waals surface area contributed by atoms with Gasteiger partial charge in [0.2, 0.25) is 0 Å². The number of halogens is 2. The summed E-state index contributed by atoms with van der Waals surface area (Å²) in [5, 5.41) is 1.04. The van der Waals surface area contributed by atoms with E-state index in [0.29, 0.717) is 21.7 Å². The van der Waals surface area contributed by atoms with Gasteiger partial charge in [-0.05, 0) is 42.0 Å². The van der Waals surface area contributed by atoms with Crippen LogP contribution >= 0.6 is 11.6 Å². The van der Waals surface area contributed by atoms with Crippen LogP contribution in [-0.4, -0.2) is 20.8 Å². The average molecular weight is 422 g/mol. The van der Waals surface area contributed by atoms with Crippen LogP contribution in [0.4, 0.5) is 4.39 Å². The van der Waals surface area contributed by atoms with E-state index in [-0.39, 0.29) is 24.2 Å². The number of nitrogens with zero attached hydrogens (tertiary/aromatic N) is 2. The lowest BCUT2D eigenvalue weighted by molar-refractivity contribution is 0.0720. The van der Waals surface area contributed by atoms with Gasteiger partial charge in [0.1, 0.15) is 11.6 Å². The molecular formula is C23H17ClFN3O2. The molecule has 4 rings (SSSR count). The van der Waals surface area contributed by atoms with Crippen LogP contribution in [0, 0.1) is 5.82 Å². The van der Waals surface area contributed by atoms with Gasteiger partial charge in [0, 0.05) is 11.6 Å². The fraction of sp³-hybridized carbons (Fsp3) is 0.0870. The highest BCUT2D eigenvalue weighted by atomic mass is 35.5. The number of carbonyl (C=O) groups excluding carboxylic acids is 1. The summed E-state index contributed by atoms with van der Waals surface area (Å²) in [7, 11) is 0. The molecule has 0 unspecified atom stereocenters. The lowest BCUT2D eigenvalue weighted by Gasteiger charge is -2.23. The Labute approximate surface area is 176 Å². The van der Waals surface area contributed by atoms with Crippen molar-refractivity contribution in [2.75, 3.05) is 0 Å². The van der Waals surface area contributed by atoms with Gasteiger partial charge in [0.15, 0.2) is 0 Å². The molecule has 3 aromatic carbocycles. The van der Waals surface area contributed by atoms with Gasteiger partial charge in [0.25, 0.3) is 11.5 Å². The van der Waals surface area contributed by atoms with E-state index < -0.39 is 11.7 Å². The zero-order chi connectivity index (χ0) is 21.1. The van der Waals surface area contributed by atoms with Crippen molar-refractivity contribution in [1.82, 2.24) is 14.9 Å². The molecule has 7 heteroatoms. The minimum absolute atomic E-state index is 0.00979. The Bertz CT molecular complexity index is 1270. The molecule has 5 nitrogen and oxygen atoms in total. The van der Waals surface area contributed by atoms with E-state index in [9.17, 15) is 14.0 Å². The first kappa shape index (κ1) is 19.8. The largest absolute Gasteiger partial charge is 0.327 e. The fourth-order valence-corrected chi connectivity index (χ4v) is 3.33. The van der Waals surface area contributed by atoms with E-state index in [2.05, 4.69) is 9.97 Å². The van der Waals surface area contributed by atoms with E-state index in [1.807, 2.05) is 0 Å². The van der Waals surface area contributed by atoms with E-state index in [4.69, 9.17) is 11.6 Å². The molecule has 0 saturated carbocycles. The number of para-hydroxylation sites is 1. The van der Waals surface area contributed by atoms with Gasteiger partial charge in [-0.2, -0.15) is 0 Å². The van der Waals surface area contributed by atoms with E-state index in [1.165, 1.54) is 23.1 Å². The molecule has 0 fully saturated rings. The molecule has 0 aliphatic heterocycles. The van der Waals surface area contributed by atoms with Crippen LogP contribution in [0.1, 0.15) is 21.7 Å². The summed E-state index contributed by atoms with van der Waals surface area (Å²) in [4.78, 5) is 34.2. The van der Waals surface area contributed by atoms with Gasteiger partial charge < -0.3 is 9.88 Å². The molecule has 4 aromatic rings. The van der Waals surface area contributed by atoms with Crippen molar-refractivity contribution < 1.29 is 9.18 Å². The number of aromatic amines is 1. The van der Waals surface area contributed by atoms with Crippen LogP contribution in [0.25, 0.3) is 10.9 Å². The maximum Gasteiger partial charge on any atom is 0.258 e. The third kappa shape index (κ3) is 4.23. The first-order valence-electron chi connectivity index (χ1n) is 9.27. The van der Waals surface area contributed by atoms with Crippen molar-refractivity contribution in [2.45, 2.75) is 13.1 Å². The van der Waals surface area contributed by atoms with Crippen LogP contribution in [0.15, 0.2) is 77.6 Å². The summed E-state index contributed by atoms with van der Waals surface area (Å²) in [6.45, 7) is 0.205. The van der Waals surface area contributed by atoms with Crippen molar-refractivity contribution in [3.63, 3.8) is 0 Å². The lowest BCUT2D eigenvalue weighted by Crippen LogP contribution is -2.32. The second-order valence-corrected chi connectivity index (χ2v) is 7.23. The zero-order valence-electron chi connectivity index (χ0n) is 15.8. The number of hydrogen-bond donors (Lipinski definition) is 1. The third-order valence-corrected chi connectivity index (χ3v) is 4.93. The SMILES string of the molecule is O=C(c1ccccc1F)N(Cc1ccc(Cl)cc1)Cc1nc2ccccc2c(=O)[nH]1. The molecule has 0 radical (unpaired) electrons. The number of aromatic nitrogens is 2. The van der Waals surface area contributed by atoms with Crippen LogP contribution in [0.5, 0.6) is 0 Å². The lowest BCUT2D eigenvalue weighted by atomic mass is 10.1. The van der Waals surface area contributed by atoms with Crippen molar-refractivity contribution in [1.29, 1.82) is 0 Å². The standard InChI is InChI=1S/C23H17ClFN3O2/c24-16-11-9-15(10-12-16)13-28(23(30)17-5-1-3-7-19(17)25)14-21-26-20-8-4-2-6-18(20)22(29)27-21/h1-12H,13-14H2,(H,26,27,29). The molecule has 0 aliphatic rings. The number of H-pyrrole nitrogens is 1. The van der Waals surface area contributed by atoms with Gasteiger partial charge in [-0.25, -0.2) is 9.37 Å².